The molecule has 1 aliphatic rings. The van der Waals surface area contributed by atoms with Crippen LogP contribution in [0.4, 0.5) is 10.5 Å². The maximum absolute atomic E-state index is 12.7. The van der Waals surface area contributed by atoms with Crippen LogP contribution >= 0.6 is 0 Å². The zero-order valence-corrected chi connectivity index (χ0v) is 16.7. The monoisotopic (exact) mass is 365 g/mol. The van der Waals surface area contributed by atoms with E-state index in [1.165, 1.54) is 11.1 Å². The zero-order chi connectivity index (χ0) is 19.2. The molecule has 0 aliphatic carbocycles. The summed E-state index contributed by atoms with van der Waals surface area (Å²) in [6.07, 6.45) is 1.98. The largest absolute Gasteiger partial charge is 0.324 e. The molecule has 4 nitrogen and oxygen atoms in total. The zero-order valence-electron chi connectivity index (χ0n) is 16.7. The molecule has 2 aromatic carbocycles. The molecule has 4 heteroatoms. The number of hydrogen-bond acceptors (Lipinski definition) is 2. The molecule has 1 heterocycles. The van der Waals surface area contributed by atoms with Gasteiger partial charge >= 0.3 is 6.03 Å². The lowest BCUT2D eigenvalue weighted by molar-refractivity contribution is 0.0933. The number of amides is 2. The van der Waals surface area contributed by atoms with Crippen LogP contribution in [0.2, 0.25) is 0 Å². The lowest BCUT2D eigenvalue weighted by Gasteiger charge is -2.41. The number of urea groups is 1. The third kappa shape index (κ3) is 5.10. The number of rotatable bonds is 5. The summed E-state index contributed by atoms with van der Waals surface area (Å²) in [5.41, 5.74) is 3.46. The summed E-state index contributed by atoms with van der Waals surface area (Å²) < 4.78 is 0. The van der Waals surface area contributed by atoms with Crippen molar-refractivity contribution in [2.45, 2.75) is 39.3 Å². The topological polar surface area (TPSA) is 35.6 Å². The molecular formula is C23H31N3O. The quantitative estimate of drug-likeness (QED) is 0.839. The summed E-state index contributed by atoms with van der Waals surface area (Å²) in [7, 11) is 1.92. The fraction of sp³-hybridized carbons (Fsp3) is 0.435. The van der Waals surface area contributed by atoms with Crippen LogP contribution in [0.5, 0.6) is 0 Å². The second kappa shape index (κ2) is 9.05. The summed E-state index contributed by atoms with van der Waals surface area (Å²) in [6, 6.07) is 19.0. The summed E-state index contributed by atoms with van der Waals surface area (Å²) in [5, 5.41) is 3.06. The van der Waals surface area contributed by atoms with Gasteiger partial charge in [0, 0.05) is 38.4 Å². The van der Waals surface area contributed by atoms with Crippen LogP contribution in [0.1, 0.15) is 31.4 Å². The number of piperidine rings is 1. The van der Waals surface area contributed by atoms with Gasteiger partial charge in [-0.1, -0.05) is 56.3 Å². The van der Waals surface area contributed by atoms with Gasteiger partial charge < -0.3 is 10.2 Å². The van der Waals surface area contributed by atoms with Crippen LogP contribution in [0, 0.1) is 5.92 Å². The second-order valence-corrected chi connectivity index (χ2v) is 7.65. The van der Waals surface area contributed by atoms with Crippen molar-refractivity contribution < 1.29 is 4.79 Å². The Balaban J connectivity index is 1.55. The highest BCUT2D eigenvalue weighted by Gasteiger charge is 2.31. The Morgan fingerprint density at radius 3 is 2.59 bits per heavy atom. The average molecular weight is 366 g/mol. The number of nitrogens with zero attached hydrogens (tertiary/aromatic N) is 2. The van der Waals surface area contributed by atoms with Gasteiger partial charge in [0.2, 0.25) is 0 Å². The van der Waals surface area contributed by atoms with Crippen molar-refractivity contribution in [1.82, 2.24) is 9.80 Å². The van der Waals surface area contributed by atoms with Crippen molar-refractivity contribution >= 4 is 11.7 Å². The molecule has 2 unspecified atom stereocenters. The summed E-state index contributed by atoms with van der Waals surface area (Å²) in [5.74, 6) is 0.445. The van der Waals surface area contributed by atoms with Crippen LogP contribution in [-0.4, -0.2) is 42.0 Å². The van der Waals surface area contributed by atoms with Gasteiger partial charge in [-0.2, -0.15) is 0 Å². The molecule has 2 atom stereocenters. The van der Waals surface area contributed by atoms with Crippen molar-refractivity contribution in [2.75, 3.05) is 25.5 Å². The van der Waals surface area contributed by atoms with Crippen molar-refractivity contribution in [3.63, 3.8) is 0 Å². The Morgan fingerprint density at radius 2 is 1.89 bits per heavy atom. The Kier molecular flexibility index (Phi) is 6.51. The highest BCUT2D eigenvalue weighted by molar-refractivity contribution is 5.89. The number of hydrogen-bond donors (Lipinski definition) is 1. The van der Waals surface area contributed by atoms with Gasteiger partial charge in [-0.3, -0.25) is 4.90 Å². The van der Waals surface area contributed by atoms with E-state index in [1.54, 1.807) is 0 Å². The standard InChI is InChI=1S/C23H31N3O/c1-4-19-11-8-12-21(15-19)24-23(27)25(3)22-13-14-26(16-18(22)2)17-20-9-6-5-7-10-20/h5-12,15,18,22H,4,13-14,16-17H2,1-3H3,(H,24,27). The predicted octanol–water partition coefficient (Wildman–Crippen LogP) is 4.62. The van der Waals surface area contributed by atoms with Crippen molar-refractivity contribution in [1.29, 1.82) is 0 Å². The maximum Gasteiger partial charge on any atom is 0.321 e. The Hall–Kier alpha value is -2.33. The molecule has 0 bridgehead atoms. The first kappa shape index (κ1) is 19.4. The van der Waals surface area contributed by atoms with Gasteiger partial charge in [-0.05, 0) is 42.0 Å². The predicted molar refractivity (Wildman–Crippen MR) is 112 cm³/mol. The highest BCUT2D eigenvalue weighted by atomic mass is 16.2. The summed E-state index contributed by atoms with van der Waals surface area (Å²) in [4.78, 5) is 17.1. The van der Waals surface area contributed by atoms with E-state index in [-0.39, 0.29) is 12.1 Å². The van der Waals surface area contributed by atoms with Gasteiger partial charge in [0.05, 0.1) is 0 Å². The summed E-state index contributed by atoms with van der Waals surface area (Å²) in [6.45, 7) is 7.40. The number of carbonyl (C=O) groups excluding carboxylic acids is 1. The van der Waals surface area contributed by atoms with Gasteiger partial charge in [0.15, 0.2) is 0 Å². The second-order valence-electron chi connectivity index (χ2n) is 7.65. The van der Waals surface area contributed by atoms with Gasteiger partial charge in [0.1, 0.15) is 0 Å². The van der Waals surface area contributed by atoms with E-state index in [2.05, 4.69) is 66.5 Å². The van der Waals surface area contributed by atoms with E-state index in [9.17, 15) is 4.79 Å². The van der Waals surface area contributed by atoms with Crippen LogP contribution < -0.4 is 5.32 Å². The Morgan fingerprint density at radius 1 is 1.15 bits per heavy atom. The fourth-order valence-corrected chi connectivity index (χ4v) is 4.01. The number of likely N-dealkylation sites (tertiary alicyclic amines) is 1. The SMILES string of the molecule is CCc1cccc(NC(=O)N(C)C2CCN(Cc3ccccc3)CC2C)c1. The number of aryl methyl sites for hydroxylation is 1. The van der Waals surface area contributed by atoms with E-state index in [0.29, 0.717) is 5.92 Å². The third-order valence-electron chi connectivity index (χ3n) is 5.60. The van der Waals surface area contributed by atoms with E-state index in [0.717, 1.165) is 38.2 Å². The third-order valence-corrected chi connectivity index (χ3v) is 5.60. The fourth-order valence-electron chi connectivity index (χ4n) is 4.01. The lowest BCUT2D eigenvalue weighted by Crippen LogP contribution is -2.51. The molecule has 0 aromatic heterocycles. The van der Waals surface area contributed by atoms with Crippen molar-refractivity contribution in [2.24, 2.45) is 5.92 Å². The number of benzene rings is 2. The molecule has 27 heavy (non-hydrogen) atoms. The van der Waals surface area contributed by atoms with E-state index >= 15 is 0 Å². The number of anilines is 1. The normalized spacial score (nSPS) is 20.3. The molecule has 0 spiro atoms. The molecule has 1 N–H and O–H groups in total. The first-order valence-electron chi connectivity index (χ1n) is 9.96. The summed E-state index contributed by atoms with van der Waals surface area (Å²) >= 11 is 0. The van der Waals surface area contributed by atoms with Crippen molar-refractivity contribution in [3.8, 4) is 0 Å². The first-order chi connectivity index (χ1) is 13.1. The molecule has 0 radical (unpaired) electrons. The molecule has 2 amide bonds. The van der Waals surface area contributed by atoms with Crippen LogP contribution in [0.3, 0.4) is 0 Å². The van der Waals surface area contributed by atoms with Gasteiger partial charge in [-0.15, -0.1) is 0 Å². The van der Waals surface area contributed by atoms with E-state index in [4.69, 9.17) is 0 Å². The minimum atomic E-state index is -0.0170. The Bertz CT molecular complexity index is 746. The van der Waals surface area contributed by atoms with Crippen molar-refractivity contribution in [3.05, 3.63) is 65.7 Å². The maximum atomic E-state index is 12.7. The Labute approximate surface area is 163 Å². The molecule has 0 saturated carbocycles. The molecule has 144 valence electrons. The van der Waals surface area contributed by atoms with Gasteiger partial charge in [-0.25, -0.2) is 4.79 Å². The molecule has 3 rings (SSSR count). The minimum Gasteiger partial charge on any atom is -0.324 e. The van der Waals surface area contributed by atoms with E-state index in [1.807, 2.05) is 24.1 Å². The van der Waals surface area contributed by atoms with E-state index < -0.39 is 0 Å². The molecule has 2 aromatic rings. The molecule has 1 fully saturated rings. The number of carbonyl (C=O) groups is 1. The molecular weight excluding hydrogens is 334 g/mol. The molecule has 1 saturated heterocycles. The number of nitrogens with one attached hydrogen (secondary N) is 1. The minimum absolute atomic E-state index is 0.0170. The first-order valence-corrected chi connectivity index (χ1v) is 9.96. The van der Waals surface area contributed by atoms with Gasteiger partial charge in [0.25, 0.3) is 0 Å². The van der Waals surface area contributed by atoms with Crippen LogP contribution in [0.15, 0.2) is 54.6 Å². The van der Waals surface area contributed by atoms with Crippen LogP contribution in [0.25, 0.3) is 0 Å². The molecule has 1 aliphatic heterocycles. The average Bonchev–Trinajstić information content (AvgIpc) is 2.68. The lowest BCUT2D eigenvalue weighted by atomic mass is 9.92. The van der Waals surface area contributed by atoms with Crippen LogP contribution in [-0.2, 0) is 13.0 Å². The smallest absolute Gasteiger partial charge is 0.321 e. The highest BCUT2D eigenvalue weighted by Crippen LogP contribution is 2.23.